The van der Waals surface area contributed by atoms with Gasteiger partial charge < -0.3 is 24.7 Å². The number of methoxy groups -OCH3 is 1. The number of nitrogens with two attached hydrogens (primary N) is 1. The zero-order valence-corrected chi connectivity index (χ0v) is 15.8. The molecule has 3 aromatic rings. The Labute approximate surface area is 168 Å². The van der Waals surface area contributed by atoms with Crippen molar-refractivity contribution in [3.8, 4) is 17.4 Å². The first kappa shape index (κ1) is 21.1. The summed E-state index contributed by atoms with van der Waals surface area (Å²) in [6.07, 6.45) is -0.204. The summed E-state index contributed by atoms with van der Waals surface area (Å²) in [4.78, 5) is 24.4. The Morgan fingerprint density at radius 3 is 2.37 bits per heavy atom. The Kier molecular flexibility index (Phi) is 6.17. The highest BCUT2D eigenvalue weighted by Gasteiger charge is 2.18. The van der Waals surface area contributed by atoms with Crippen LogP contribution in [0, 0.1) is 11.6 Å². The summed E-state index contributed by atoms with van der Waals surface area (Å²) in [7, 11) is 1.25. The van der Waals surface area contributed by atoms with E-state index in [2.05, 4.69) is 9.15 Å². The van der Waals surface area contributed by atoms with E-state index in [0.29, 0.717) is 5.75 Å². The molecule has 2 aromatic carbocycles. The Bertz CT molecular complexity index is 1080. The minimum Gasteiger partial charge on any atom is -0.492 e. The van der Waals surface area contributed by atoms with Gasteiger partial charge in [-0.3, -0.25) is 9.78 Å². The number of aromatic hydroxyl groups is 1. The predicted octanol–water partition coefficient (Wildman–Crippen LogP) is 2.38. The van der Waals surface area contributed by atoms with E-state index < -0.39 is 47.3 Å². The summed E-state index contributed by atoms with van der Waals surface area (Å²) in [6.45, 7) is 0. The first-order chi connectivity index (χ1) is 14.3. The number of esters is 1. The molecular weight excluding hydrogens is 402 g/mol. The van der Waals surface area contributed by atoms with Gasteiger partial charge in [-0.1, -0.05) is 12.1 Å². The second-order valence-corrected chi connectivity index (χ2v) is 6.41. The SMILES string of the molecule is COC(=O)C(N)Cc1ccc(Oc2cc(F)c(Cc3oc(=O)[nH]c3O)c(F)c2)cc1. The number of rotatable bonds is 7. The molecule has 0 fully saturated rings. The normalized spacial score (nSPS) is 11.9. The van der Waals surface area contributed by atoms with Crippen molar-refractivity contribution >= 4 is 5.97 Å². The molecule has 0 saturated heterocycles. The zero-order chi connectivity index (χ0) is 21.8. The summed E-state index contributed by atoms with van der Waals surface area (Å²) in [5, 5.41) is 9.49. The van der Waals surface area contributed by atoms with Crippen LogP contribution in [0.3, 0.4) is 0 Å². The summed E-state index contributed by atoms with van der Waals surface area (Å²) >= 11 is 0. The Hall–Kier alpha value is -3.66. The highest BCUT2D eigenvalue weighted by Crippen LogP contribution is 2.28. The molecule has 0 saturated carbocycles. The molecule has 0 aliphatic rings. The third kappa shape index (κ3) is 4.84. The largest absolute Gasteiger partial charge is 0.492 e. The van der Waals surface area contributed by atoms with Gasteiger partial charge in [0.05, 0.1) is 7.11 Å². The lowest BCUT2D eigenvalue weighted by atomic mass is 10.1. The highest BCUT2D eigenvalue weighted by molar-refractivity contribution is 5.75. The van der Waals surface area contributed by atoms with Crippen LogP contribution >= 0.6 is 0 Å². The number of carbonyl (C=O) groups is 1. The van der Waals surface area contributed by atoms with Crippen LogP contribution in [0.2, 0.25) is 0 Å². The van der Waals surface area contributed by atoms with Gasteiger partial charge in [0.25, 0.3) is 0 Å². The van der Waals surface area contributed by atoms with Crippen LogP contribution in [-0.4, -0.2) is 29.2 Å². The molecule has 1 aromatic heterocycles. The third-order valence-electron chi connectivity index (χ3n) is 4.27. The summed E-state index contributed by atoms with van der Waals surface area (Å²) in [5.74, 6) is -3.99. The van der Waals surface area contributed by atoms with Crippen molar-refractivity contribution in [1.82, 2.24) is 4.98 Å². The van der Waals surface area contributed by atoms with Crippen LogP contribution in [0.5, 0.6) is 17.4 Å². The molecule has 8 nitrogen and oxygen atoms in total. The topological polar surface area (TPSA) is 128 Å². The van der Waals surface area contributed by atoms with Crippen molar-refractivity contribution in [1.29, 1.82) is 0 Å². The molecule has 0 aliphatic carbocycles. The van der Waals surface area contributed by atoms with E-state index in [1.165, 1.54) is 7.11 Å². The van der Waals surface area contributed by atoms with Crippen LogP contribution in [0.4, 0.5) is 8.78 Å². The van der Waals surface area contributed by atoms with Crippen molar-refractivity contribution in [3.05, 3.63) is 75.5 Å². The van der Waals surface area contributed by atoms with E-state index in [1.807, 2.05) is 4.98 Å². The molecule has 158 valence electrons. The lowest BCUT2D eigenvalue weighted by molar-refractivity contribution is -0.142. The monoisotopic (exact) mass is 420 g/mol. The average molecular weight is 420 g/mol. The molecule has 4 N–H and O–H groups in total. The van der Waals surface area contributed by atoms with Crippen molar-refractivity contribution in [2.45, 2.75) is 18.9 Å². The third-order valence-corrected chi connectivity index (χ3v) is 4.27. The fraction of sp³-hybridized carbons (Fsp3) is 0.200. The summed E-state index contributed by atoms with van der Waals surface area (Å²) < 4.78 is 43.4. The molecule has 10 heteroatoms. The lowest BCUT2D eigenvalue weighted by Gasteiger charge is -2.11. The number of oxazole rings is 1. The van der Waals surface area contributed by atoms with E-state index in [-0.39, 0.29) is 17.9 Å². The number of hydrogen-bond acceptors (Lipinski definition) is 7. The Morgan fingerprint density at radius 2 is 1.83 bits per heavy atom. The smallest absolute Gasteiger partial charge is 0.419 e. The van der Waals surface area contributed by atoms with Gasteiger partial charge in [-0.15, -0.1) is 0 Å². The molecule has 1 atom stereocenters. The maximum absolute atomic E-state index is 14.4. The predicted molar refractivity (Wildman–Crippen MR) is 100 cm³/mol. The molecule has 1 heterocycles. The van der Waals surface area contributed by atoms with Crippen LogP contribution < -0.4 is 16.2 Å². The van der Waals surface area contributed by atoms with E-state index in [9.17, 15) is 23.5 Å². The minimum absolute atomic E-state index is 0.0903. The molecule has 0 aliphatic heterocycles. The van der Waals surface area contributed by atoms with Crippen molar-refractivity contribution in [2.75, 3.05) is 7.11 Å². The minimum atomic E-state index is -0.936. The number of ether oxygens (including phenoxy) is 2. The van der Waals surface area contributed by atoms with Crippen molar-refractivity contribution < 1.29 is 32.6 Å². The number of hydrogen-bond donors (Lipinski definition) is 3. The molecule has 0 spiro atoms. The van der Waals surface area contributed by atoms with Gasteiger partial charge in [0.2, 0.25) is 5.88 Å². The van der Waals surface area contributed by atoms with Gasteiger partial charge >= 0.3 is 11.7 Å². The van der Waals surface area contributed by atoms with E-state index >= 15 is 0 Å². The van der Waals surface area contributed by atoms with Gasteiger partial charge in [-0.05, 0) is 24.1 Å². The van der Waals surface area contributed by atoms with Crippen LogP contribution in [0.25, 0.3) is 0 Å². The number of benzene rings is 2. The van der Waals surface area contributed by atoms with Crippen molar-refractivity contribution in [3.63, 3.8) is 0 Å². The van der Waals surface area contributed by atoms with E-state index in [4.69, 9.17) is 10.5 Å². The molecule has 1 unspecified atom stereocenters. The van der Waals surface area contributed by atoms with E-state index in [1.54, 1.807) is 24.3 Å². The molecular formula is C20H18F2N2O6. The first-order valence-electron chi connectivity index (χ1n) is 8.76. The number of halogens is 2. The number of aromatic nitrogens is 1. The van der Waals surface area contributed by atoms with Crippen molar-refractivity contribution in [2.24, 2.45) is 5.73 Å². The average Bonchev–Trinajstić information content (AvgIpc) is 3.02. The van der Waals surface area contributed by atoms with Gasteiger partial charge in [0, 0.05) is 24.1 Å². The fourth-order valence-corrected chi connectivity index (χ4v) is 2.76. The standard InChI is InChI=1S/C20H18F2N2O6/c1-28-19(26)16(23)6-10-2-4-11(5-3-10)29-12-7-14(21)13(15(22)8-12)9-17-18(25)24-20(27)30-17/h2-5,7-8,16,25H,6,9,23H2,1H3,(H,24,27). The zero-order valence-electron chi connectivity index (χ0n) is 15.8. The summed E-state index contributed by atoms with van der Waals surface area (Å²) in [6, 6.07) is 7.60. The van der Waals surface area contributed by atoms with Gasteiger partial charge in [0.1, 0.15) is 29.2 Å². The molecule has 0 bridgehead atoms. The summed E-state index contributed by atoms with van der Waals surface area (Å²) in [5.41, 5.74) is 6.06. The van der Waals surface area contributed by atoms with E-state index in [0.717, 1.165) is 17.7 Å². The molecule has 0 amide bonds. The van der Waals surface area contributed by atoms with Crippen LogP contribution in [0.1, 0.15) is 16.9 Å². The molecule has 3 rings (SSSR count). The molecule has 30 heavy (non-hydrogen) atoms. The number of aromatic amines is 1. The Morgan fingerprint density at radius 1 is 1.20 bits per heavy atom. The highest BCUT2D eigenvalue weighted by atomic mass is 19.1. The number of H-pyrrole nitrogens is 1. The fourth-order valence-electron chi connectivity index (χ4n) is 2.76. The maximum Gasteiger partial charge on any atom is 0.419 e. The maximum atomic E-state index is 14.4. The lowest BCUT2D eigenvalue weighted by Crippen LogP contribution is -2.33. The Balaban J connectivity index is 1.72. The first-order valence-corrected chi connectivity index (χ1v) is 8.76. The second-order valence-electron chi connectivity index (χ2n) is 6.41. The van der Waals surface area contributed by atoms with Gasteiger partial charge in [0.15, 0.2) is 5.76 Å². The number of nitrogens with one attached hydrogen (secondary N) is 1. The number of carbonyl (C=O) groups excluding carboxylic acids is 1. The van der Waals surface area contributed by atoms with Gasteiger partial charge in [-0.2, -0.15) is 0 Å². The second kappa shape index (κ2) is 8.78. The van der Waals surface area contributed by atoms with Crippen LogP contribution in [-0.2, 0) is 22.4 Å². The van der Waals surface area contributed by atoms with Gasteiger partial charge in [-0.25, -0.2) is 13.6 Å². The van der Waals surface area contributed by atoms with Crippen LogP contribution in [0.15, 0.2) is 45.6 Å². The quantitative estimate of drug-likeness (QED) is 0.501. The molecule has 0 radical (unpaired) electrons.